The van der Waals surface area contributed by atoms with Gasteiger partial charge in [0.15, 0.2) is 0 Å². The molecule has 1 aromatic carbocycles. The van der Waals surface area contributed by atoms with E-state index in [-0.39, 0.29) is 16.7 Å². The van der Waals surface area contributed by atoms with Crippen molar-refractivity contribution in [3.05, 3.63) is 35.9 Å². The van der Waals surface area contributed by atoms with Crippen molar-refractivity contribution >= 4 is 5.91 Å². The Balaban J connectivity index is 1.81. The van der Waals surface area contributed by atoms with Crippen LogP contribution in [-0.2, 0) is 10.2 Å². The molecule has 0 heterocycles. The lowest BCUT2D eigenvalue weighted by Gasteiger charge is -2.42. The highest BCUT2D eigenvalue weighted by molar-refractivity contribution is 5.83. The third kappa shape index (κ3) is 1.32. The van der Waals surface area contributed by atoms with E-state index < -0.39 is 0 Å². The van der Waals surface area contributed by atoms with Gasteiger partial charge in [0, 0.05) is 0 Å². The molecule has 4 saturated carbocycles. The third-order valence-corrected chi connectivity index (χ3v) is 6.72. The minimum absolute atomic E-state index is 0.0269. The van der Waals surface area contributed by atoms with Gasteiger partial charge in [0.05, 0.1) is 5.41 Å². The van der Waals surface area contributed by atoms with Crippen LogP contribution in [0.2, 0.25) is 0 Å². The molecule has 20 heavy (non-hydrogen) atoms. The number of carbonyl (C=O) groups excluding carboxylic acids is 1. The first-order chi connectivity index (χ1) is 9.61. The highest BCUT2D eigenvalue weighted by Gasteiger charge is 2.69. The van der Waals surface area contributed by atoms with E-state index in [0.717, 1.165) is 18.8 Å². The molecule has 4 aliphatic carbocycles. The first-order valence-corrected chi connectivity index (χ1v) is 7.97. The Morgan fingerprint density at radius 2 is 2.00 bits per heavy atom. The lowest BCUT2D eigenvalue weighted by molar-refractivity contribution is -0.129. The van der Waals surface area contributed by atoms with Crippen LogP contribution in [0.5, 0.6) is 0 Å². The molecule has 0 radical (unpaired) electrons. The van der Waals surface area contributed by atoms with Crippen LogP contribution < -0.4 is 5.73 Å². The molecule has 106 valence electrons. The molecule has 0 aliphatic heterocycles. The maximum atomic E-state index is 12.2. The molecule has 2 N–H and O–H groups in total. The van der Waals surface area contributed by atoms with Crippen molar-refractivity contribution in [1.82, 2.24) is 0 Å². The lowest BCUT2D eigenvalue weighted by Crippen LogP contribution is -2.41. The largest absolute Gasteiger partial charge is 0.369 e. The molecule has 5 rings (SSSR count). The molecule has 0 aromatic heterocycles. The van der Waals surface area contributed by atoms with Gasteiger partial charge in [0.1, 0.15) is 0 Å². The molecule has 2 heteroatoms. The monoisotopic (exact) mass is 269 g/mol. The zero-order valence-corrected chi connectivity index (χ0v) is 12.1. The fourth-order valence-electron chi connectivity index (χ4n) is 6.15. The van der Waals surface area contributed by atoms with Crippen molar-refractivity contribution < 1.29 is 4.79 Å². The third-order valence-electron chi connectivity index (χ3n) is 6.72. The maximum absolute atomic E-state index is 12.2. The summed E-state index contributed by atoms with van der Waals surface area (Å²) in [6, 6.07) is 10.8. The van der Waals surface area contributed by atoms with Crippen LogP contribution in [0.15, 0.2) is 30.3 Å². The van der Waals surface area contributed by atoms with Gasteiger partial charge in [-0.2, -0.15) is 0 Å². The topological polar surface area (TPSA) is 43.1 Å². The van der Waals surface area contributed by atoms with E-state index in [1.165, 1.54) is 24.8 Å². The maximum Gasteiger partial charge on any atom is 0.223 e. The number of rotatable bonds is 3. The summed E-state index contributed by atoms with van der Waals surface area (Å²) in [4.78, 5) is 12.2. The van der Waals surface area contributed by atoms with Crippen LogP contribution in [0.3, 0.4) is 0 Å². The van der Waals surface area contributed by atoms with Gasteiger partial charge < -0.3 is 5.73 Å². The van der Waals surface area contributed by atoms with Gasteiger partial charge in [-0.1, -0.05) is 43.7 Å². The molecule has 4 fully saturated rings. The summed E-state index contributed by atoms with van der Waals surface area (Å²) in [6.07, 6.45) is 5.70. The number of nitrogens with two attached hydrogens (primary N) is 1. The van der Waals surface area contributed by atoms with Crippen LogP contribution in [0.1, 0.15) is 44.6 Å². The highest BCUT2D eigenvalue weighted by atomic mass is 16.1. The Bertz CT molecular complexity index is 554. The standard InChI is InChI=1S/C18H23NO/c1-2-14-12-8-17(13-6-4-3-5-7-13)10-15(14)18(9-12,11-17)16(19)20/h3-7,12,14-15H,2,8-11H2,1H3,(H2,19,20). The summed E-state index contributed by atoms with van der Waals surface area (Å²) in [5, 5.41) is 0. The fourth-order valence-corrected chi connectivity index (χ4v) is 6.15. The number of carbonyl (C=O) groups is 1. The predicted molar refractivity (Wildman–Crippen MR) is 79.0 cm³/mol. The molecule has 4 aliphatic rings. The first kappa shape index (κ1) is 12.4. The molecule has 5 unspecified atom stereocenters. The van der Waals surface area contributed by atoms with E-state index in [9.17, 15) is 4.79 Å². The van der Waals surface area contributed by atoms with Crippen LogP contribution >= 0.6 is 0 Å². The van der Waals surface area contributed by atoms with Gasteiger partial charge in [-0.25, -0.2) is 0 Å². The molecule has 1 amide bonds. The number of primary amides is 1. The zero-order valence-electron chi connectivity index (χ0n) is 12.1. The quantitative estimate of drug-likeness (QED) is 0.899. The molecule has 5 atom stereocenters. The molecular formula is C18H23NO. The number of hydrogen-bond acceptors (Lipinski definition) is 1. The van der Waals surface area contributed by atoms with E-state index in [1.807, 2.05) is 0 Å². The van der Waals surface area contributed by atoms with Gasteiger partial charge in [-0.15, -0.1) is 0 Å². The van der Waals surface area contributed by atoms with Crippen molar-refractivity contribution in [2.45, 2.75) is 44.4 Å². The molecule has 1 aromatic rings. The van der Waals surface area contributed by atoms with E-state index in [0.29, 0.717) is 11.8 Å². The summed E-state index contributed by atoms with van der Waals surface area (Å²) >= 11 is 0. The summed E-state index contributed by atoms with van der Waals surface area (Å²) in [7, 11) is 0. The van der Waals surface area contributed by atoms with Gasteiger partial charge in [0.2, 0.25) is 5.91 Å². The normalized spacial score (nSPS) is 45.0. The van der Waals surface area contributed by atoms with E-state index in [1.54, 1.807) is 0 Å². The van der Waals surface area contributed by atoms with Gasteiger partial charge >= 0.3 is 0 Å². The molecule has 0 spiro atoms. The minimum Gasteiger partial charge on any atom is -0.369 e. The average Bonchev–Trinajstić information content (AvgIpc) is 2.83. The van der Waals surface area contributed by atoms with Crippen molar-refractivity contribution in [3.8, 4) is 0 Å². The SMILES string of the molecule is CCC1C2CC3(c4ccccc4)CC1C(C(N)=O)(C2)C3. The predicted octanol–water partition coefficient (Wildman–Crippen LogP) is 3.26. The Morgan fingerprint density at radius 1 is 1.25 bits per heavy atom. The fraction of sp³-hybridized carbons (Fsp3) is 0.611. The number of amides is 1. The summed E-state index contributed by atoms with van der Waals surface area (Å²) in [6.45, 7) is 2.28. The molecular weight excluding hydrogens is 246 g/mol. The average molecular weight is 269 g/mol. The molecule has 2 nitrogen and oxygen atoms in total. The van der Waals surface area contributed by atoms with E-state index in [4.69, 9.17) is 5.73 Å². The summed E-state index contributed by atoms with van der Waals surface area (Å²) < 4.78 is 0. The van der Waals surface area contributed by atoms with Gasteiger partial charge in [-0.05, 0) is 54.4 Å². The van der Waals surface area contributed by atoms with Crippen molar-refractivity contribution in [3.63, 3.8) is 0 Å². The molecule has 4 bridgehead atoms. The Morgan fingerprint density at radius 3 is 2.65 bits per heavy atom. The summed E-state index contributed by atoms with van der Waals surface area (Å²) in [5.41, 5.74) is 7.35. The van der Waals surface area contributed by atoms with Gasteiger partial charge in [-0.3, -0.25) is 4.79 Å². The lowest BCUT2D eigenvalue weighted by atomic mass is 9.61. The van der Waals surface area contributed by atoms with Gasteiger partial charge in [0.25, 0.3) is 0 Å². The van der Waals surface area contributed by atoms with Crippen LogP contribution in [0, 0.1) is 23.2 Å². The Kier molecular flexibility index (Phi) is 2.40. The van der Waals surface area contributed by atoms with Crippen molar-refractivity contribution in [1.29, 1.82) is 0 Å². The number of benzene rings is 1. The van der Waals surface area contributed by atoms with Crippen LogP contribution in [-0.4, -0.2) is 5.91 Å². The first-order valence-electron chi connectivity index (χ1n) is 7.97. The van der Waals surface area contributed by atoms with Crippen LogP contribution in [0.25, 0.3) is 0 Å². The second kappa shape index (κ2) is 3.87. The van der Waals surface area contributed by atoms with Crippen molar-refractivity contribution in [2.24, 2.45) is 28.9 Å². The Labute approximate surface area is 120 Å². The van der Waals surface area contributed by atoms with Crippen molar-refractivity contribution in [2.75, 3.05) is 0 Å². The van der Waals surface area contributed by atoms with E-state index in [2.05, 4.69) is 37.3 Å². The highest BCUT2D eigenvalue weighted by Crippen LogP contribution is 2.73. The molecule has 0 saturated heterocycles. The minimum atomic E-state index is -0.195. The zero-order chi connectivity index (χ0) is 14.0. The second-order valence-electron chi connectivity index (χ2n) is 7.39. The Hall–Kier alpha value is -1.31. The van der Waals surface area contributed by atoms with Crippen LogP contribution in [0.4, 0.5) is 0 Å². The number of hydrogen-bond donors (Lipinski definition) is 1. The summed E-state index contributed by atoms with van der Waals surface area (Å²) in [5.74, 6) is 1.94. The second-order valence-corrected chi connectivity index (χ2v) is 7.39. The smallest absolute Gasteiger partial charge is 0.223 e. The van der Waals surface area contributed by atoms with E-state index >= 15 is 0 Å².